The van der Waals surface area contributed by atoms with Crippen molar-refractivity contribution >= 4 is 17.7 Å². The molecule has 0 unspecified atom stereocenters. The molecule has 5 aliphatic heterocycles. The zero-order valence-electron chi connectivity index (χ0n) is 28.4. The molecule has 6 aliphatic carbocycles. The molecule has 1 aromatic heterocycles. The quantitative estimate of drug-likeness (QED) is 0.250. The second-order valence-electron chi connectivity index (χ2n) is 18.9. The van der Waals surface area contributed by atoms with E-state index < -0.39 is 69.2 Å². The van der Waals surface area contributed by atoms with Gasteiger partial charge in [-0.05, 0) is 99.0 Å². The fraction of sp³-hybridized carbons (Fsp3) is 0.775. The van der Waals surface area contributed by atoms with Crippen molar-refractivity contribution in [3.05, 3.63) is 35.8 Å². The van der Waals surface area contributed by atoms with Crippen molar-refractivity contribution in [3.63, 3.8) is 0 Å². The number of carbonyl (C=O) groups excluding carboxylic acids is 3. The lowest BCUT2D eigenvalue weighted by Crippen LogP contribution is -2.82. The smallest absolute Gasteiger partial charge is 0.339 e. The first kappa shape index (κ1) is 29.1. The van der Waals surface area contributed by atoms with E-state index in [2.05, 4.69) is 19.9 Å². The van der Waals surface area contributed by atoms with Crippen molar-refractivity contribution < 1.29 is 42.9 Å². The summed E-state index contributed by atoms with van der Waals surface area (Å²) in [6.07, 6.45) is 13.7. The van der Waals surface area contributed by atoms with Crippen LogP contribution >= 0.6 is 0 Å². The number of aliphatic hydroxyl groups excluding tert-OH is 1. The Morgan fingerprint density at radius 2 is 1.73 bits per heavy atom. The molecule has 12 rings (SSSR count). The summed E-state index contributed by atoms with van der Waals surface area (Å²) in [5.41, 5.74) is -4.01. The van der Waals surface area contributed by atoms with Gasteiger partial charge in [0.2, 0.25) is 0 Å². The molecule has 0 amide bonds. The minimum absolute atomic E-state index is 0.0294. The first-order valence-electron chi connectivity index (χ1n) is 19.3. The molecule has 6 heterocycles. The van der Waals surface area contributed by atoms with Gasteiger partial charge >= 0.3 is 11.9 Å². The Balaban J connectivity index is 1.22. The fourth-order valence-corrected chi connectivity index (χ4v) is 17.0. The molecule has 4 saturated heterocycles. The average molecular weight is 671 g/mol. The Morgan fingerprint density at radius 3 is 2.53 bits per heavy atom. The topological polar surface area (TPSA) is 125 Å². The number of rotatable bonds is 2. The normalized spacial score (nSPS) is 58.8. The summed E-state index contributed by atoms with van der Waals surface area (Å²) in [4.78, 5) is 44.5. The molecule has 9 nitrogen and oxygen atoms in total. The minimum Gasteiger partial charge on any atom is -0.472 e. The van der Waals surface area contributed by atoms with E-state index in [1.54, 1.807) is 12.5 Å². The van der Waals surface area contributed by atoms with Crippen LogP contribution in [-0.2, 0) is 33.3 Å². The van der Waals surface area contributed by atoms with E-state index in [9.17, 15) is 14.7 Å². The van der Waals surface area contributed by atoms with Crippen molar-refractivity contribution in [2.45, 2.75) is 126 Å². The number of cyclic esters (lactones) is 2. The maximum Gasteiger partial charge on any atom is 0.339 e. The second-order valence-corrected chi connectivity index (χ2v) is 18.9. The second kappa shape index (κ2) is 8.42. The number of carbonyl (C=O) groups is 3. The first-order chi connectivity index (χ1) is 23.6. The molecule has 9 heteroatoms. The van der Waals surface area contributed by atoms with Crippen LogP contribution in [0.3, 0.4) is 0 Å². The van der Waals surface area contributed by atoms with Gasteiger partial charge < -0.3 is 28.5 Å². The molecule has 0 radical (unpaired) electrons. The standard InChI is InChI=1S/C40H46O9/c1-34-16-21-17-36-12-6-9-23(36)15-24-10-13-35(2)27-25(41)29(42)38(22-7-4-3-5-8-22,26(21)37(27)19-46-32(43)28(36)39(24,37)49-35)40(34)31(48-40)33(44)47-30(34)20-11-14-45-18-20/h10-11,14,18,21-23,26-31,42H,3-9,12-13,15-17,19H2,1-2H3/t21-,23-,26+,27+,28-,29+,30-,31+,34-,35-,36-,37+,38-,39-,40+/m0/s1. The average Bonchev–Trinajstić information content (AvgIpc) is 3.35. The van der Waals surface area contributed by atoms with Gasteiger partial charge in [-0.3, -0.25) is 9.59 Å². The Labute approximate surface area is 285 Å². The van der Waals surface area contributed by atoms with E-state index in [1.165, 1.54) is 5.57 Å². The van der Waals surface area contributed by atoms with Gasteiger partial charge in [0.05, 0.1) is 35.4 Å². The van der Waals surface area contributed by atoms with Gasteiger partial charge in [0, 0.05) is 16.4 Å². The molecule has 0 aromatic carbocycles. The Hall–Kier alpha value is -2.49. The number of ketones is 1. The van der Waals surface area contributed by atoms with Crippen LogP contribution in [0.2, 0.25) is 0 Å². The van der Waals surface area contributed by atoms with Crippen LogP contribution in [0.1, 0.15) is 103 Å². The predicted molar refractivity (Wildman–Crippen MR) is 169 cm³/mol. The van der Waals surface area contributed by atoms with Crippen molar-refractivity contribution in [1.29, 1.82) is 0 Å². The fourth-order valence-electron chi connectivity index (χ4n) is 17.0. The Kier molecular flexibility index (Phi) is 5.00. The monoisotopic (exact) mass is 670 g/mol. The van der Waals surface area contributed by atoms with Crippen LogP contribution in [0.5, 0.6) is 0 Å². The molecule has 1 aromatic rings. The molecule has 10 fully saturated rings. The van der Waals surface area contributed by atoms with Crippen LogP contribution in [-0.4, -0.2) is 58.4 Å². The van der Waals surface area contributed by atoms with Crippen molar-refractivity contribution in [2.24, 2.45) is 57.2 Å². The van der Waals surface area contributed by atoms with Gasteiger partial charge in [0.1, 0.15) is 30.0 Å². The minimum atomic E-state index is -1.34. The SMILES string of the molecule is C[C@@]12C[C@H]3C[C@@]45CCC[C@H]4CC4=CC[C@]6(C)O[C@]47[C@H]5C(=O)OC[C@]74[C@@H]3[C@@](C3CCCCC3)([C@H](O)C(=O)[C@@H]46)[C@]13O[C@@H]3C(=O)O[C@H]2c1ccoc1. The lowest BCUT2D eigenvalue weighted by Gasteiger charge is -2.72. The first-order valence-corrected chi connectivity index (χ1v) is 19.3. The lowest BCUT2D eigenvalue weighted by atomic mass is 9.30. The molecule has 49 heavy (non-hydrogen) atoms. The van der Waals surface area contributed by atoms with Crippen molar-refractivity contribution in [1.82, 2.24) is 0 Å². The highest BCUT2D eigenvalue weighted by Gasteiger charge is 2.98. The van der Waals surface area contributed by atoms with E-state index in [0.717, 1.165) is 69.8 Å². The highest BCUT2D eigenvalue weighted by molar-refractivity contribution is 5.94. The summed E-state index contributed by atoms with van der Waals surface area (Å²) in [7, 11) is 0. The molecule has 6 saturated carbocycles. The van der Waals surface area contributed by atoms with Gasteiger partial charge in [0.15, 0.2) is 11.9 Å². The number of hydrogen-bond acceptors (Lipinski definition) is 9. The summed E-state index contributed by atoms with van der Waals surface area (Å²) in [5, 5.41) is 13.3. The van der Waals surface area contributed by atoms with E-state index in [-0.39, 0.29) is 41.5 Å². The van der Waals surface area contributed by atoms with Crippen LogP contribution < -0.4 is 0 Å². The number of aliphatic hydroxyl groups is 1. The highest BCUT2D eigenvalue weighted by atomic mass is 16.7. The van der Waals surface area contributed by atoms with Gasteiger partial charge in [-0.15, -0.1) is 0 Å². The van der Waals surface area contributed by atoms with Crippen LogP contribution in [0.4, 0.5) is 0 Å². The predicted octanol–water partition coefficient (Wildman–Crippen LogP) is 5.40. The van der Waals surface area contributed by atoms with E-state index >= 15 is 4.79 Å². The maximum atomic E-state index is 15.7. The van der Waals surface area contributed by atoms with Crippen molar-refractivity contribution in [2.75, 3.05) is 6.61 Å². The zero-order chi connectivity index (χ0) is 33.1. The summed E-state index contributed by atoms with van der Waals surface area (Å²) in [6.45, 7) is 4.39. The molecule has 260 valence electrons. The highest BCUT2D eigenvalue weighted by Crippen LogP contribution is 2.89. The number of furan rings is 1. The zero-order valence-corrected chi connectivity index (χ0v) is 28.4. The Morgan fingerprint density at radius 1 is 0.918 bits per heavy atom. The van der Waals surface area contributed by atoms with Crippen LogP contribution in [0, 0.1) is 57.2 Å². The number of ether oxygens (including phenoxy) is 4. The number of esters is 2. The summed E-state index contributed by atoms with van der Waals surface area (Å²) in [6, 6.07) is 1.88. The number of hydrogen-bond donors (Lipinski definition) is 1. The Bertz CT molecular complexity index is 1780. The summed E-state index contributed by atoms with van der Waals surface area (Å²) >= 11 is 0. The van der Waals surface area contributed by atoms with Gasteiger partial charge in [-0.2, -0.15) is 0 Å². The molecule has 4 spiro atoms. The molecule has 11 aliphatic rings. The third kappa shape index (κ3) is 2.62. The van der Waals surface area contributed by atoms with Crippen LogP contribution in [0.25, 0.3) is 0 Å². The largest absolute Gasteiger partial charge is 0.472 e. The molecule has 1 N–H and O–H groups in total. The lowest BCUT2D eigenvalue weighted by molar-refractivity contribution is -0.299. The summed E-state index contributed by atoms with van der Waals surface area (Å²) in [5.74, 6) is -1.83. The van der Waals surface area contributed by atoms with Gasteiger partial charge in [-0.1, -0.05) is 38.7 Å². The molecule has 5 bridgehead atoms. The summed E-state index contributed by atoms with van der Waals surface area (Å²) < 4.78 is 33.2. The van der Waals surface area contributed by atoms with E-state index in [1.807, 2.05) is 6.07 Å². The van der Waals surface area contributed by atoms with E-state index in [0.29, 0.717) is 18.8 Å². The molecular weight excluding hydrogens is 624 g/mol. The van der Waals surface area contributed by atoms with E-state index in [4.69, 9.17) is 23.4 Å². The number of fused-ring (bicyclic) bond motifs is 2. The van der Waals surface area contributed by atoms with Gasteiger partial charge in [0.25, 0.3) is 0 Å². The third-order valence-corrected chi connectivity index (χ3v) is 17.7. The molecular formula is C40H46O9. The maximum absolute atomic E-state index is 15.7. The third-order valence-electron chi connectivity index (χ3n) is 17.7. The van der Waals surface area contributed by atoms with Crippen LogP contribution in [0.15, 0.2) is 34.7 Å². The molecule has 15 atom stereocenters. The number of epoxide rings is 1. The van der Waals surface area contributed by atoms with Gasteiger partial charge in [-0.25, -0.2) is 4.79 Å². The number of Topliss-reactive ketones (excluding diaryl/α,β-unsaturated/α-hetero) is 1. The van der Waals surface area contributed by atoms with Crippen molar-refractivity contribution in [3.8, 4) is 0 Å².